The Kier molecular flexibility index (Phi) is 3.94. The maximum Gasteiger partial charge on any atom is 0.224 e. The van der Waals surface area contributed by atoms with Crippen molar-refractivity contribution < 1.29 is 19.1 Å². The number of ketones is 1. The molecule has 0 saturated carbocycles. The van der Waals surface area contributed by atoms with Crippen LogP contribution in [0.2, 0.25) is 0 Å². The number of carbonyl (C=O) groups is 2. The Hall–Kier alpha value is -1.88. The van der Waals surface area contributed by atoms with Gasteiger partial charge in [0.15, 0.2) is 5.78 Å². The molecular formula is C13H15NO4. The summed E-state index contributed by atoms with van der Waals surface area (Å²) in [7, 11) is 1.47. The molecule has 1 N–H and O–H groups in total. The SMILES string of the molecule is COCC(=O)COc1ccc2c(c1)CCC(=O)N2. The number of aryl methyl sites for hydroxylation is 1. The van der Waals surface area contributed by atoms with Crippen molar-refractivity contribution >= 4 is 17.4 Å². The molecule has 1 aliphatic rings. The van der Waals surface area contributed by atoms with E-state index in [0.29, 0.717) is 18.6 Å². The Morgan fingerprint density at radius 1 is 1.33 bits per heavy atom. The number of methoxy groups -OCH3 is 1. The number of fused-ring (bicyclic) bond motifs is 1. The number of anilines is 1. The van der Waals surface area contributed by atoms with E-state index in [-0.39, 0.29) is 24.9 Å². The van der Waals surface area contributed by atoms with E-state index in [1.807, 2.05) is 6.07 Å². The molecule has 0 saturated heterocycles. The normalized spacial score (nSPS) is 13.7. The number of Topliss-reactive ketones (excluding diaryl/α,β-unsaturated/α-hetero) is 1. The second kappa shape index (κ2) is 5.64. The molecule has 0 fully saturated rings. The van der Waals surface area contributed by atoms with Crippen molar-refractivity contribution in [3.8, 4) is 5.75 Å². The average molecular weight is 249 g/mol. The van der Waals surface area contributed by atoms with Gasteiger partial charge in [0.1, 0.15) is 19.0 Å². The van der Waals surface area contributed by atoms with Crippen LogP contribution in [0, 0.1) is 0 Å². The van der Waals surface area contributed by atoms with Crippen molar-refractivity contribution in [1.82, 2.24) is 0 Å². The molecule has 5 nitrogen and oxygen atoms in total. The van der Waals surface area contributed by atoms with Crippen LogP contribution in [0.15, 0.2) is 18.2 Å². The predicted octanol–water partition coefficient (Wildman–Crippen LogP) is 1.17. The molecule has 1 aromatic rings. The van der Waals surface area contributed by atoms with Gasteiger partial charge in [-0.25, -0.2) is 0 Å². The lowest BCUT2D eigenvalue weighted by atomic mass is 10.0. The lowest BCUT2D eigenvalue weighted by molar-refractivity contribution is -0.124. The van der Waals surface area contributed by atoms with Gasteiger partial charge in [-0.15, -0.1) is 0 Å². The number of benzene rings is 1. The standard InChI is InChI=1S/C13H15NO4/c1-17-7-10(15)8-18-11-3-4-12-9(6-11)2-5-13(16)14-12/h3-4,6H,2,5,7-8H2,1H3,(H,14,16). The van der Waals surface area contributed by atoms with Gasteiger partial charge in [0.05, 0.1) is 0 Å². The highest BCUT2D eigenvalue weighted by Gasteiger charge is 2.15. The van der Waals surface area contributed by atoms with E-state index in [1.54, 1.807) is 12.1 Å². The summed E-state index contributed by atoms with van der Waals surface area (Å²) in [5.74, 6) is 0.560. The molecule has 0 aliphatic carbocycles. The van der Waals surface area contributed by atoms with Gasteiger partial charge >= 0.3 is 0 Å². The minimum Gasteiger partial charge on any atom is -0.486 e. The number of nitrogens with one attached hydrogen (secondary N) is 1. The average Bonchev–Trinajstić information content (AvgIpc) is 2.36. The van der Waals surface area contributed by atoms with Crippen molar-refractivity contribution in [1.29, 1.82) is 0 Å². The molecule has 0 unspecified atom stereocenters. The zero-order chi connectivity index (χ0) is 13.0. The minimum atomic E-state index is -0.108. The maximum atomic E-state index is 11.2. The van der Waals surface area contributed by atoms with Gasteiger partial charge in [-0.1, -0.05) is 0 Å². The molecule has 1 aliphatic heterocycles. The summed E-state index contributed by atoms with van der Waals surface area (Å²) in [6.07, 6.45) is 1.18. The van der Waals surface area contributed by atoms with Crippen LogP contribution in [0.3, 0.4) is 0 Å². The van der Waals surface area contributed by atoms with Crippen LogP contribution < -0.4 is 10.1 Å². The third kappa shape index (κ3) is 3.07. The van der Waals surface area contributed by atoms with Gasteiger partial charge in [-0.3, -0.25) is 9.59 Å². The lowest BCUT2D eigenvalue weighted by Crippen LogP contribution is -2.19. The Labute approximate surface area is 105 Å². The molecule has 1 heterocycles. The number of rotatable bonds is 5. The summed E-state index contributed by atoms with van der Waals surface area (Å²) < 4.78 is 10.1. The fourth-order valence-electron chi connectivity index (χ4n) is 1.82. The molecule has 0 aromatic heterocycles. The summed E-state index contributed by atoms with van der Waals surface area (Å²) in [5, 5.41) is 2.79. The van der Waals surface area contributed by atoms with Gasteiger partial charge in [0.2, 0.25) is 5.91 Å². The Balaban J connectivity index is 1.99. The smallest absolute Gasteiger partial charge is 0.224 e. The molecule has 2 rings (SSSR count). The highest BCUT2D eigenvalue weighted by molar-refractivity contribution is 5.94. The molecule has 96 valence electrons. The lowest BCUT2D eigenvalue weighted by Gasteiger charge is -2.17. The molecule has 1 aromatic carbocycles. The fraction of sp³-hybridized carbons (Fsp3) is 0.385. The van der Waals surface area contributed by atoms with E-state index >= 15 is 0 Å². The van der Waals surface area contributed by atoms with Crippen molar-refractivity contribution in [2.24, 2.45) is 0 Å². The van der Waals surface area contributed by atoms with Gasteiger partial charge in [-0.2, -0.15) is 0 Å². The zero-order valence-electron chi connectivity index (χ0n) is 10.2. The highest BCUT2D eigenvalue weighted by Crippen LogP contribution is 2.26. The molecule has 0 atom stereocenters. The second-order valence-electron chi connectivity index (χ2n) is 4.13. The minimum absolute atomic E-state index is 0.00101. The van der Waals surface area contributed by atoms with E-state index in [4.69, 9.17) is 9.47 Å². The monoisotopic (exact) mass is 249 g/mol. The first-order chi connectivity index (χ1) is 8.69. The second-order valence-corrected chi connectivity index (χ2v) is 4.13. The maximum absolute atomic E-state index is 11.2. The molecule has 18 heavy (non-hydrogen) atoms. The Morgan fingerprint density at radius 3 is 2.94 bits per heavy atom. The van der Waals surface area contributed by atoms with E-state index < -0.39 is 0 Å². The summed E-state index contributed by atoms with van der Waals surface area (Å²) in [4.78, 5) is 22.4. The number of hydrogen-bond donors (Lipinski definition) is 1. The van der Waals surface area contributed by atoms with Crippen molar-refractivity contribution in [2.75, 3.05) is 25.6 Å². The van der Waals surface area contributed by atoms with Gasteiger partial charge in [0.25, 0.3) is 0 Å². The first-order valence-electron chi connectivity index (χ1n) is 5.75. The molecule has 0 bridgehead atoms. The molecular weight excluding hydrogens is 234 g/mol. The Morgan fingerprint density at radius 2 is 2.17 bits per heavy atom. The van der Waals surface area contributed by atoms with Gasteiger partial charge in [-0.05, 0) is 30.2 Å². The van der Waals surface area contributed by atoms with E-state index in [0.717, 1.165) is 11.3 Å². The van der Waals surface area contributed by atoms with Crippen LogP contribution in [0.5, 0.6) is 5.75 Å². The summed E-state index contributed by atoms with van der Waals surface area (Å²) in [6, 6.07) is 5.39. The van der Waals surface area contributed by atoms with Crippen LogP contribution in [0.4, 0.5) is 5.69 Å². The van der Waals surface area contributed by atoms with Crippen LogP contribution >= 0.6 is 0 Å². The van der Waals surface area contributed by atoms with Gasteiger partial charge in [0, 0.05) is 19.2 Å². The zero-order valence-corrected chi connectivity index (χ0v) is 10.2. The van der Waals surface area contributed by atoms with Gasteiger partial charge < -0.3 is 14.8 Å². The van der Waals surface area contributed by atoms with Crippen molar-refractivity contribution in [3.05, 3.63) is 23.8 Å². The predicted molar refractivity (Wildman–Crippen MR) is 65.8 cm³/mol. The fourth-order valence-corrected chi connectivity index (χ4v) is 1.82. The molecule has 0 radical (unpaired) electrons. The number of amides is 1. The topological polar surface area (TPSA) is 64.6 Å². The molecule has 5 heteroatoms. The number of carbonyl (C=O) groups excluding carboxylic acids is 2. The van der Waals surface area contributed by atoms with Crippen LogP contribution in [0.1, 0.15) is 12.0 Å². The van der Waals surface area contributed by atoms with Crippen LogP contribution in [0.25, 0.3) is 0 Å². The third-order valence-electron chi connectivity index (χ3n) is 2.68. The summed E-state index contributed by atoms with van der Waals surface area (Å²) in [5.41, 5.74) is 1.85. The Bertz CT molecular complexity index is 470. The summed E-state index contributed by atoms with van der Waals surface area (Å²) >= 11 is 0. The van der Waals surface area contributed by atoms with Crippen molar-refractivity contribution in [3.63, 3.8) is 0 Å². The van der Waals surface area contributed by atoms with E-state index in [1.165, 1.54) is 7.11 Å². The van der Waals surface area contributed by atoms with E-state index in [9.17, 15) is 9.59 Å². The highest BCUT2D eigenvalue weighted by atomic mass is 16.5. The summed E-state index contributed by atoms with van der Waals surface area (Å²) in [6.45, 7) is 0.0555. The largest absolute Gasteiger partial charge is 0.486 e. The van der Waals surface area contributed by atoms with E-state index in [2.05, 4.69) is 5.32 Å². The van der Waals surface area contributed by atoms with Crippen LogP contribution in [-0.2, 0) is 20.7 Å². The van der Waals surface area contributed by atoms with Crippen LogP contribution in [-0.4, -0.2) is 32.0 Å². The number of ether oxygens (including phenoxy) is 2. The third-order valence-corrected chi connectivity index (χ3v) is 2.68. The van der Waals surface area contributed by atoms with Crippen molar-refractivity contribution in [2.45, 2.75) is 12.8 Å². The quantitative estimate of drug-likeness (QED) is 0.850. The first kappa shape index (κ1) is 12.6. The first-order valence-corrected chi connectivity index (χ1v) is 5.75. The number of hydrogen-bond acceptors (Lipinski definition) is 4. The molecule has 1 amide bonds. The molecule has 0 spiro atoms.